The van der Waals surface area contributed by atoms with Gasteiger partial charge in [0.05, 0.1) is 12.7 Å². The van der Waals surface area contributed by atoms with Gasteiger partial charge in [-0.1, -0.05) is 17.3 Å². The van der Waals surface area contributed by atoms with Crippen molar-refractivity contribution in [2.75, 3.05) is 5.32 Å². The van der Waals surface area contributed by atoms with Crippen LogP contribution in [-0.2, 0) is 6.54 Å². The lowest BCUT2D eigenvalue weighted by atomic mass is 10.1. The van der Waals surface area contributed by atoms with Crippen LogP contribution in [0.1, 0.15) is 31.4 Å². The number of pyridine rings is 1. The zero-order valence-corrected chi connectivity index (χ0v) is 14.0. The second-order valence-electron chi connectivity index (χ2n) is 6.29. The predicted molar refractivity (Wildman–Crippen MR) is 96.4 cm³/mol. The van der Waals surface area contributed by atoms with E-state index in [9.17, 15) is 0 Å². The van der Waals surface area contributed by atoms with Gasteiger partial charge in [-0.15, -0.1) is 0 Å². The van der Waals surface area contributed by atoms with Crippen molar-refractivity contribution >= 4 is 5.69 Å². The summed E-state index contributed by atoms with van der Waals surface area (Å²) >= 11 is 0. The zero-order valence-electron chi connectivity index (χ0n) is 14.0. The lowest BCUT2D eigenvalue weighted by Crippen LogP contribution is -2.12. The molecule has 0 aliphatic heterocycles. The molecule has 1 aromatic carbocycles. The summed E-state index contributed by atoms with van der Waals surface area (Å²) in [5, 5.41) is 7.02. The molecular weight excluding hydrogens is 314 g/mol. The maximum Gasteiger partial charge on any atom is 0.221 e. The van der Waals surface area contributed by atoms with Crippen LogP contribution in [0.15, 0.2) is 59.4 Å². The molecule has 0 unspecified atom stereocenters. The molecule has 0 amide bonds. The van der Waals surface area contributed by atoms with Gasteiger partial charge in [0.2, 0.25) is 5.88 Å². The van der Waals surface area contributed by atoms with E-state index in [1.807, 2.05) is 12.1 Å². The molecule has 2 aromatic heterocycles. The Morgan fingerprint density at radius 1 is 1.04 bits per heavy atom. The highest BCUT2D eigenvalue weighted by atomic mass is 16.5. The van der Waals surface area contributed by atoms with Crippen molar-refractivity contribution in [1.29, 1.82) is 0 Å². The first-order chi connectivity index (χ1) is 12.4. The van der Waals surface area contributed by atoms with Gasteiger partial charge in [-0.2, -0.15) is 0 Å². The van der Waals surface area contributed by atoms with E-state index >= 15 is 0 Å². The van der Waals surface area contributed by atoms with Gasteiger partial charge in [0.1, 0.15) is 6.10 Å². The Hall–Kier alpha value is -2.82. The van der Waals surface area contributed by atoms with Crippen LogP contribution in [0.3, 0.4) is 0 Å². The van der Waals surface area contributed by atoms with Gasteiger partial charge in [-0.25, -0.2) is 4.98 Å². The third kappa shape index (κ3) is 3.82. The van der Waals surface area contributed by atoms with Crippen LogP contribution in [0.4, 0.5) is 5.69 Å². The van der Waals surface area contributed by atoms with E-state index in [1.165, 1.54) is 12.8 Å². The van der Waals surface area contributed by atoms with Crippen molar-refractivity contribution in [3.05, 3.63) is 60.6 Å². The smallest absolute Gasteiger partial charge is 0.221 e. The van der Waals surface area contributed by atoms with Gasteiger partial charge >= 0.3 is 0 Å². The first-order valence-corrected chi connectivity index (χ1v) is 8.74. The van der Waals surface area contributed by atoms with Gasteiger partial charge in [0.15, 0.2) is 5.76 Å². The molecular formula is C20H21N3O2. The molecule has 2 heterocycles. The summed E-state index contributed by atoms with van der Waals surface area (Å²) in [6, 6.07) is 14.1. The first kappa shape index (κ1) is 15.7. The number of ether oxygens (including phenoxy) is 1. The fourth-order valence-electron chi connectivity index (χ4n) is 3.16. The molecule has 0 bridgehead atoms. The van der Waals surface area contributed by atoms with E-state index in [1.54, 1.807) is 12.4 Å². The first-order valence-electron chi connectivity index (χ1n) is 8.74. The average molecular weight is 335 g/mol. The van der Waals surface area contributed by atoms with E-state index in [0.29, 0.717) is 12.6 Å². The largest absolute Gasteiger partial charge is 0.474 e. The molecule has 0 saturated heterocycles. The van der Waals surface area contributed by atoms with Crippen molar-refractivity contribution in [1.82, 2.24) is 10.1 Å². The Balaban J connectivity index is 1.47. The molecule has 5 heteroatoms. The molecule has 1 saturated carbocycles. The summed E-state index contributed by atoms with van der Waals surface area (Å²) < 4.78 is 11.2. The average Bonchev–Trinajstić information content (AvgIpc) is 3.35. The number of rotatable bonds is 6. The SMILES string of the molecule is c1cnc(OC2CCCC2)c(-c2ccc(NCc3ccno3)cc2)c1. The van der Waals surface area contributed by atoms with E-state index < -0.39 is 0 Å². The van der Waals surface area contributed by atoms with E-state index in [-0.39, 0.29) is 0 Å². The molecule has 1 aliphatic carbocycles. The van der Waals surface area contributed by atoms with Crippen LogP contribution < -0.4 is 10.1 Å². The number of aromatic nitrogens is 2. The standard InChI is InChI=1S/C20H21N3O2/c1-2-5-17(4-1)24-20-19(6-3-12-21-20)15-7-9-16(10-8-15)22-14-18-11-13-23-25-18/h3,6-13,17,22H,1-2,4-5,14H2. The number of nitrogens with one attached hydrogen (secondary N) is 1. The van der Waals surface area contributed by atoms with Gasteiger partial charge in [-0.05, 0) is 55.5 Å². The Morgan fingerprint density at radius 2 is 1.88 bits per heavy atom. The third-order valence-electron chi connectivity index (χ3n) is 4.51. The maximum absolute atomic E-state index is 6.14. The van der Waals surface area contributed by atoms with Gasteiger partial charge in [0.25, 0.3) is 0 Å². The lowest BCUT2D eigenvalue weighted by molar-refractivity contribution is 0.202. The van der Waals surface area contributed by atoms with Gasteiger partial charge in [0, 0.05) is 23.5 Å². The number of nitrogens with zero attached hydrogens (tertiary/aromatic N) is 2. The zero-order chi connectivity index (χ0) is 16.9. The van der Waals surface area contributed by atoms with Crippen LogP contribution >= 0.6 is 0 Å². The molecule has 0 radical (unpaired) electrons. The monoisotopic (exact) mass is 335 g/mol. The lowest BCUT2D eigenvalue weighted by Gasteiger charge is -2.15. The molecule has 5 nitrogen and oxygen atoms in total. The van der Waals surface area contributed by atoms with Crippen molar-refractivity contribution in [3.8, 4) is 17.0 Å². The van der Waals surface area contributed by atoms with Crippen LogP contribution in [0.25, 0.3) is 11.1 Å². The van der Waals surface area contributed by atoms with E-state index in [0.717, 1.165) is 41.3 Å². The van der Waals surface area contributed by atoms with E-state index in [4.69, 9.17) is 9.26 Å². The summed E-state index contributed by atoms with van der Waals surface area (Å²) in [7, 11) is 0. The molecule has 4 rings (SSSR count). The molecule has 25 heavy (non-hydrogen) atoms. The topological polar surface area (TPSA) is 60.2 Å². The molecule has 1 fully saturated rings. The second kappa shape index (κ2) is 7.38. The third-order valence-corrected chi connectivity index (χ3v) is 4.51. The highest BCUT2D eigenvalue weighted by molar-refractivity contribution is 5.70. The number of hydrogen-bond donors (Lipinski definition) is 1. The van der Waals surface area contributed by atoms with E-state index in [2.05, 4.69) is 45.8 Å². The normalized spacial score (nSPS) is 14.6. The Morgan fingerprint density at radius 3 is 2.64 bits per heavy atom. The molecule has 0 spiro atoms. The van der Waals surface area contributed by atoms with Crippen LogP contribution in [0, 0.1) is 0 Å². The molecule has 0 atom stereocenters. The second-order valence-corrected chi connectivity index (χ2v) is 6.29. The quantitative estimate of drug-likeness (QED) is 0.709. The summed E-state index contributed by atoms with van der Waals surface area (Å²) in [4.78, 5) is 4.45. The molecule has 1 aliphatic rings. The van der Waals surface area contributed by atoms with Crippen molar-refractivity contribution in [2.45, 2.75) is 38.3 Å². The highest BCUT2D eigenvalue weighted by Crippen LogP contribution is 2.32. The fraction of sp³-hybridized carbons (Fsp3) is 0.300. The maximum atomic E-state index is 6.14. The summed E-state index contributed by atoms with van der Waals surface area (Å²) in [5.74, 6) is 1.54. The minimum absolute atomic E-state index is 0.302. The molecule has 1 N–H and O–H groups in total. The summed E-state index contributed by atoms with van der Waals surface area (Å²) in [5.41, 5.74) is 3.17. The minimum atomic E-state index is 0.302. The van der Waals surface area contributed by atoms with Crippen molar-refractivity contribution in [2.24, 2.45) is 0 Å². The Bertz CT molecular complexity index is 794. The van der Waals surface area contributed by atoms with Crippen LogP contribution in [0.2, 0.25) is 0 Å². The van der Waals surface area contributed by atoms with Crippen LogP contribution in [0.5, 0.6) is 5.88 Å². The molecule has 3 aromatic rings. The Labute approximate surface area is 147 Å². The van der Waals surface area contributed by atoms with Gasteiger partial charge in [-0.3, -0.25) is 0 Å². The van der Waals surface area contributed by atoms with Crippen LogP contribution in [-0.4, -0.2) is 16.2 Å². The van der Waals surface area contributed by atoms with Gasteiger partial charge < -0.3 is 14.6 Å². The van der Waals surface area contributed by atoms with Crippen molar-refractivity contribution < 1.29 is 9.26 Å². The van der Waals surface area contributed by atoms with Crippen molar-refractivity contribution in [3.63, 3.8) is 0 Å². The fourth-order valence-corrected chi connectivity index (χ4v) is 3.16. The molecule has 128 valence electrons. The number of anilines is 1. The predicted octanol–water partition coefficient (Wildman–Crippen LogP) is 4.67. The Kier molecular flexibility index (Phi) is 4.63. The summed E-state index contributed by atoms with van der Waals surface area (Å²) in [6.45, 7) is 0.613. The minimum Gasteiger partial charge on any atom is -0.474 e. The summed E-state index contributed by atoms with van der Waals surface area (Å²) in [6.07, 6.45) is 8.49. The number of hydrogen-bond acceptors (Lipinski definition) is 5. The number of benzene rings is 1. The highest BCUT2D eigenvalue weighted by Gasteiger charge is 2.19.